The summed E-state index contributed by atoms with van der Waals surface area (Å²) in [5, 5.41) is 3.57. The van der Waals surface area contributed by atoms with Crippen molar-refractivity contribution in [3.8, 4) is 0 Å². The molecule has 0 bridgehead atoms. The second-order valence-corrected chi connectivity index (χ2v) is 6.57. The summed E-state index contributed by atoms with van der Waals surface area (Å²) in [6.07, 6.45) is 5.10. The summed E-state index contributed by atoms with van der Waals surface area (Å²) >= 11 is 3.24. The molecular weight excluding hydrogens is 307 g/mol. The molecular formula is C15H20BrFN2. The van der Waals surface area contributed by atoms with Gasteiger partial charge < -0.3 is 5.32 Å². The number of hydrogen-bond acceptors (Lipinski definition) is 2. The highest BCUT2D eigenvalue weighted by molar-refractivity contribution is 9.10. The van der Waals surface area contributed by atoms with Gasteiger partial charge in [0.2, 0.25) is 0 Å². The maximum absolute atomic E-state index is 13.7. The van der Waals surface area contributed by atoms with Gasteiger partial charge in [-0.25, -0.2) is 4.39 Å². The van der Waals surface area contributed by atoms with Gasteiger partial charge in [-0.2, -0.15) is 0 Å². The molecule has 2 fully saturated rings. The van der Waals surface area contributed by atoms with Gasteiger partial charge in [-0.15, -0.1) is 0 Å². The molecule has 0 aromatic heterocycles. The van der Waals surface area contributed by atoms with E-state index >= 15 is 0 Å². The summed E-state index contributed by atoms with van der Waals surface area (Å²) in [6.45, 7) is 4.44. The third kappa shape index (κ3) is 2.65. The minimum Gasteiger partial charge on any atom is -0.380 e. The molecule has 2 unspecified atom stereocenters. The number of halogens is 2. The lowest BCUT2D eigenvalue weighted by Gasteiger charge is -2.33. The molecule has 1 N–H and O–H groups in total. The predicted molar refractivity (Wildman–Crippen MR) is 80.1 cm³/mol. The zero-order chi connectivity index (χ0) is 13.4. The molecule has 2 aliphatic heterocycles. The van der Waals surface area contributed by atoms with Crippen LogP contribution >= 0.6 is 15.9 Å². The Morgan fingerprint density at radius 2 is 2.11 bits per heavy atom. The number of piperidine rings is 1. The summed E-state index contributed by atoms with van der Waals surface area (Å²) < 4.78 is 14.2. The summed E-state index contributed by atoms with van der Waals surface area (Å²) in [4.78, 5) is 2.59. The molecule has 2 saturated heterocycles. The quantitative estimate of drug-likeness (QED) is 0.885. The Balaban J connectivity index is 1.76. The third-order valence-electron chi connectivity index (χ3n) is 4.46. The SMILES string of the molecule is Cc1cc(Br)c(F)cc1NC1CCN2CCCCC12. The van der Waals surface area contributed by atoms with Crippen LogP contribution in [-0.4, -0.2) is 30.1 Å². The molecule has 19 heavy (non-hydrogen) atoms. The van der Waals surface area contributed by atoms with Crippen LogP contribution in [0.1, 0.15) is 31.2 Å². The molecule has 1 aromatic rings. The van der Waals surface area contributed by atoms with E-state index in [4.69, 9.17) is 0 Å². The second kappa shape index (κ2) is 5.41. The van der Waals surface area contributed by atoms with Crippen LogP contribution in [0.4, 0.5) is 10.1 Å². The highest BCUT2D eigenvalue weighted by Gasteiger charge is 2.35. The van der Waals surface area contributed by atoms with Crippen LogP contribution in [0.5, 0.6) is 0 Å². The lowest BCUT2D eigenvalue weighted by molar-refractivity contribution is 0.192. The molecule has 0 aliphatic carbocycles. The van der Waals surface area contributed by atoms with Crippen molar-refractivity contribution in [2.24, 2.45) is 0 Å². The fraction of sp³-hybridized carbons (Fsp3) is 0.600. The largest absolute Gasteiger partial charge is 0.380 e. The lowest BCUT2D eigenvalue weighted by Crippen LogP contribution is -2.41. The van der Waals surface area contributed by atoms with E-state index in [1.165, 1.54) is 38.8 Å². The smallest absolute Gasteiger partial charge is 0.139 e. The van der Waals surface area contributed by atoms with Gasteiger partial charge in [0.05, 0.1) is 4.47 Å². The molecule has 2 nitrogen and oxygen atoms in total. The Bertz CT molecular complexity index is 477. The summed E-state index contributed by atoms with van der Waals surface area (Å²) in [6, 6.07) is 4.58. The van der Waals surface area contributed by atoms with Crippen molar-refractivity contribution in [1.29, 1.82) is 0 Å². The second-order valence-electron chi connectivity index (χ2n) is 5.72. The van der Waals surface area contributed by atoms with E-state index in [9.17, 15) is 4.39 Å². The fourth-order valence-corrected chi connectivity index (χ4v) is 3.88. The van der Waals surface area contributed by atoms with E-state index in [2.05, 4.69) is 26.1 Å². The first-order valence-corrected chi connectivity index (χ1v) is 7.90. The average molecular weight is 327 g/mol. The van der Waals surface area contributed by atoms with Gasteiger partial charge in [0.1, 0.15) is 5.82 Å². The summed E-state index contributed by atoms with van der Waals surface area (Å²) in [5.41, 5.74) is 2.04. The van der Waals surface area contributed by atoms with E-state index in [0.717, 1.165) is 11.3 Å². The number of anilines is 1. The highest BCUT2D eigenvalue weighted by atomic mass is 79.9. The van der Waals surface area contributed by atoms with Crippen LogP contribution in [0.15, 0.2) is 16.6 Å². The van der Waals surface area contributed by atoms with E-state index in [1.807, 2.05) is 13.0 Å². The molecule has 2 heterocycles. The topological polar surface area (TPSA) is 15.3 Å². The van der Waals surface area contributed by atoms with Crippen molar-refractivity contribution in [3.63, 3.8) is 0 Å². The maximum Gasteiger partial charge on any atom is 0.139 e. The number of nitrogens with one attached hydrogen (secondary N) is 1. The molecule has 3 rings (SSSR count). The van der Waals surface area contributed by atoms with Gasteiger partial charge in [0.25, 0.3) is 0 Å². The number of benzene rings is 1. The number of hydrogen-bond donors (Lipinski definition) is 1. The van der Waals surface area contributed by atoms with Gasteiger partial charge in [-0.3, -0.25) is 4.90 Å². The Kier molecular flexibility index (Phi) is 3.81. The molecule has 0 spiro atoms. The van der Waals surface area contributed by atoms with Crippen LogP contribution in [0.3, 0.4) is 0 Å². The van der Waals surface area contributed by atoms with E-state index in [0.29, 0.717) is 16.6 Å². The maximum atomic E-state index is 13.7. The zero-order valence-electron chi connectivity index (χ0n) is 11.3. The Labute approximate surface area is 122 Å². The Morgan fingerprint density at radius 1 is 1.26 bits per heavy atom. The first-order valence-electron chi connectivity index (χ1n) is 7.11. The van der Waals surface area contributed by atoms with E-state index in [1.54, 1.807) is 6.07 Å². The number of nitrogens with zero attached hydrogens (tertiary/aromatic N) is 1. The van der Waals surface area contributed by atoms with E-state index < -0.39 is 0 Å². The zero-order valence-corrected chi connectivity index (χ0v) is 12.8. The summed E-state index contributed by atoms with van der Waals surface area (Å²) in [7, 11) is 0. The van der Waals surface area contributed by atoms with Crippen molar-refractivity contribution in [3.05, 3.63) is 28.0 Å². The van der Waals surface area contributed by atoms with Crippen LogP contribution in [-0.2, 0) is 0 Å². The minimum atomic E-state index is -0.188. The first kappa shape index (κ1) is 13.4. The monoisotopic (exact) mass is 326 g/mol. The van der Waals surface area contributed by atoms with Crippen molar-refractivity contribution < 1.29 is 4.39 Å². The minimum absolute atomic E-state index is 0.188. The standard InChI is InChI=1S/C15H20BrFN2/c1-10-8-11(16)12(17)9-14(10)18-13-5-7-19-6-3-2-4-15(13)19/h8-9,13,15,18H,2-7H2,1H3. The lowest BCUT2D eigenvalue weighted by atomic mass is 9.98. The molecule has 0 saturated carbocycles. The molecule has 4 heteroatoms. The molecule has 2 aliphatic rings. The van der Waals surface area contributed by atoms with Gasteiger partial charge in [-0.1, -0.05) is 6.42 Å². The van der Waals surface area contributed by atoms with Crippen LogP contribution in [0, 0.1) is 12.7 Å². The summed E-state index contributed by atoms with van der Waals surface area (Å²) in [5.74, 6) is -0.188. The van der Waals surface area contributed by atoms with Crippen LogP contribution in [0.2, 0.25) is 0 Å². The van der Waals surface area contributed by atoms with Gasteiger partial charge in [0.15, 0.2) is 0 Å². The normalized spacial score (nSPS) is 27.3. The number of fused-ring (bicyclic) bond motifs is 1. The van der Waals surface area contributed by atoms with Gasteiger partial charge in [-0.05, 0) is 66.4 Å². The third-order valence-corrected chi connectivity index (χ3v) is 5.07. The molecule has 1 aromatic carbocycles. The average Bonchev–Trinajstić information content (AvgIpc) is 2.80. The predicted octanol–water partition coefficient (Wildman–Crippen LogP) is 3.94. The highest BCUT2D eigenvalue weighted by Crippen LogP contribution is 2.31. The number of aryl methyl sites for hydroxylation is 1. The van der Waals surface area contributed by atoms with Crippen LogP contribution in [0.25, 0.3) is 0 Å². The molecule has 0 amide bonds. The number of rotatable bonds is 2. The van der Waals surface area contributed by atoms with Crippen molar-refractivity contribution in [2.75, 3.05) is 18.4 Å². The van der Waals surface area contributed by atoms with Crippen molar-refractivity contribution in [2.45, 2.75) is 44.7 Å². The van der Waals surface area contributed by atoms with Crippen molar-refractivity contribution >= 4 is 21.6 Å². The first-order chi connectivity index (χ1) is 9.15. The van der Waals surface area contributed by atoms with Crippen LogP contribution < -0.4 is 5.32 Å². The molecule has 104 valence electrons. The molecule has 2 atom stereocenters. The van der Waals surface area contributed by atoms with E-state index in [-0.39, 0.29) is 5.82 Å². The van der Waals surface area contributed by atoms with Gasteiger partial charge >= 0.3 is 0 Å². The Morgan fingerprint density at radius 3 is 2.95 bits per heavy atom. The Hall–Kier alpha value is -0.610. The van der Waals surface area contributed by atoms with Gasteiger partial charge in [0, 0.05) is 24.3 Å². The molecule has 0 radical (unpaired) electrons. The van der Waals surface area contributed by atoms with Crippen molar-refractivity contribution in [1.82, 2.24) is 4.90 Å². The fourth-order valence-electron chi connectivity index (χ4n) is 3.42.